The number of phenols is 2. The van der Waals surface area contributed by atoms with Crippen molar-refractivity contribution in [3.63, 3.8) is 0 Å². The van der Waals surface area contributed by atoms with Crippen LogP contribution in [-0.2, 0) is 0 Å². The molecule has 0 bridgehead atoms. The van der Waals surface area contributed by atoms with E-state index in [1.54, 1.807) is 0 Å². The van der Waals surface area contributed by atoms with E-state index in [2.05, 4.69) is 27.5 Å². The first-order chi connectivity index (χ1) is 13.0. The van der Waals surface area contributed by atoms with Gasteiger partial charge in [0.25, 0.3) is 0 Å². The number of hydrogen-bond acceptors (Lipinski definition) is 5. The summed E-state index contributed by atoms with van der Waals surface area (Å²) in [5.41, 5.74) is 2.09. The van der Waals surface area contributed by atoms with E-state index in [0.29, 0.717) is 11.3 Å². The third-order valence-electron chi connectivity index (χ3n) is 4.83. The average Bonchev–Trinajstić information content (AvgIpc) is 2.63. The van der Waals surface area contributed by atoms with E-state index in [1.165, 1.54) is 12.1 Å². The fourth-order valence-electron chi connectivity index (χ4n) is 3.40. The van der Waals surface area contributed by atoms with Gasteiger partial charge < -0.3 is 19.5 Å². The molecule has 2 heterocycles. The summed E-state index contributed by atoms with van der Waals surface area (Å²) in [6.07, 6.45) is 2.74. The molecular formula is C21H18INO4. The van der Waals surface area contributed by atoms with Gasteiger partial charge in [0.05, 0.1) is 5.56 Å². The molecule has 6 heteroatoms. The van der Waals surface area contributed by atoms with E-state index in [1.807, 2.05) is 37.4 Å². The van der Waals surface area contributed by atoms with Crippen LogP contribution in [0.4, 0.5) is 0 Å². The highest BCUT2D eigenvalue weighted by molar-refractivity contribution is 14.1. The van der Waals surface area contributed by atoms with Crippen molar-refractivity contribution >= 4 is 39.1 Å². The lowest BCUT2D eigenvalue weighted by molar-refractivity contribution is 0.369. The Bertz CT molecular complexity index is 1130. The molecule has 0 spiro atoms. The molecule has 3 aromatic rings. The molecule has 1 aromatic heterocycles. The third kappa shape index (κ3) is 3.23. The molecule has 4 rings (SSSR count). The smallest absolute Gasteiger partial charge is 0.197 e. The van der Waals surface area contributed by atoms with Crippen LogP contribution in [0.1, 0.15) is 12.0 Å². The van der Waals surface area contributed by atoms with Gasteiger partial charge in [-0.15, -0.1) is 0 Å². The van der Waals surface area contributed by atoms with Crippen molar-refractivity contribution in [1.29, 1.82) is 0 Å². The summed E-state index contributed by atoms with van der Waals surface area (Å²) in [5, 5.41) is 20.9. The molecule has 138 valence electrons. The van der Waals surface area contributed by atoms with Crippen LogP contribution in [0.15, 0.2) is 51.7 Å². The maximum Gasteiger partial charge on any atom is 0.197 e. The second kappa shape index (κ2) is 7.01. The highest BCUT2D eigenvalue weighted by atomic mass is 127. The molecule has 0 aliphatic carbocycles. The standard InChI is InChI=1S/C21H18INO4/c1-23-8-6-12(7-9-23)19-15(24)10-16(25)20-17(26)11-18(27-21(19)20)13-4-2-3-5-14(13)22/h2-6,10-11,24-25H,7-9H2,1H3. The zero-order chi connectivity index (χ0) is 19.1. The summed E-state index contributed by atoms with van der Waals surface area (Å²) in [6, 6.07) is 10.2. The Morgan fingerprint density at radius 1 is 1.15 bits per heavy atom. The number of benzene rings is 2. The number of hydrogen-bond donors (Lipinski definition) is 2. The van der Waals surface area contributed by atoms with Crippen molar-refractivity contribution in [2.75, 3.05) is 20.1 Å². The molecule has 1 aliphatic heterocycles. The summed E-state index contributed by atoms with van der Waals surface area (Å²) in [4.78, 5) is 14.9. The molecule has 0 fully saturated rings. The Labute approximate surface area is 169 Å². The molecular weight excluding hydrogens is 457 g/mol. The number of halogens is 1. The Balaban J connectivity index is 2.04. The predicted octanol–water partition coefficient (Wildman–Crippen LogP) is 4.19. The second-order valence-electron chi connectivity index (χ2n) is 6.69. The Hall–Kier alpha value is -2.32. The van der Waals surface area contributed by atoms with Gasteiger partial charge in [-0.3, -0.25) is 4.79 Å². The summed E-state index contributed by atoms with van der Waals surface area (Å²) in [6.45, 7) is 1.59. The SMILES string of the molecule is CN1CC=C(c2c(O)cc(O)c3c(=O)cc(-c4ccccc4I)oc23)CC1. The van der Waals surface area contributed by atoms with Crippen molar-refractivity contribution in [2.24, 2.45) is 0 Å². The fraction of sp³-hybridized carbons (Fsp3) is 0.190. The van der Waals surface area contributed by atoms with Crippen molar-refractivity contribution in [1.82, 2.24) is 4.90 Å². The zero-order valence-corrected chi connectivity index (χ0v) is 16.9. The summed E-state index contributed by atoms with van der Waals surface area (Å²) >= 11 is 2.19. The number of rotatable bonds is 2. The monoisotopic (exact) mass is 475 g/mol. The maximum absolute atomic E-state index is 12.8. The minimum atomic E-state index is -0.335. The number of likely N-dealkylation sites (N-methyl/N-ethyl adjacent to an activating group) is 1. The van der Waals surface area contributed by atoms with Crippen LogP contribution >= 0.6 is 22.6 Å². The topological polar surface area (TPSA) is 73.9 Å². The number of nitrogens with zero attached hydrogens (tertiary/aromatic N) is 1. The Morgan fingerprint density at radius 2 is 1.93 bits per heavy atom. The molecule has 0 saturated heterocycles. The molecule has 2 N–H and O–H groups in total. The van der Waals surface area contributed by atoms with E-state index in [-0.39, 0.29) is 27.9 Å². The number of fused-ring (bicyclic) bond motifs is 1. The molecule has 0 atom stereocenters. The molecule has 0 radical (unpaired) electrons. The van der Waals surface area contributed by atoms with Crippen molar-refractivity contribution in [3.05, 3.63) is 61.8 Å². The molecule has 5 nitrogen and oxygen atoms in total. The van der Waals surface area contributed by atoms with Crippen LogP contribution < -0.4 is 5.43 Å². The highest BCUT2D eigenvalue weighted by Gasteiger charge is 2.22. The summed E-state index contributed by atoms with van der Waals surface area (Å²) < 4.78 is 7.05. The lowest BCUT2D eigenvalue weighted by Gasteiger charge is -2.23. The van der Waals surface area contributed by atoms with Crippen molar-refractivity contribution < 1.29 is 14.6 Å². The van der Waals surface area contributed by atoms with Gasteiger partial charge >= 0.3 is 0 Å². The van der Waals surface area contributed by atoms with Crippen LogP contribution in [0.5, 0.6) is 11.5 Å². The fourth-order valence-corrected chi connectivity index (χ4v) is 4.06. The van der Waals surface area contributed by atoms with Gasteiger partial charge in [-0.2, -0.15) is 0 Å². The number of aromatic hydroxyl groups is 2. The highest BCUT2D eigenvalue weighted by Crippen LogP contribution is 2.40. The summed E-state index contributed by atoms with van der Waals surface area (Å²) in [7, 11) is 2.03. The largest absolute Gasteiger partial charge is 0.507 e. The van der Waals surface area contributed by atoms with Crippen LogP contribution in [-0.4, -0.2) is 35.3 Å². The predicted molar refractivity (Wildman–Crippen MR) is 114 cm³/mol. The lowest BCUT2D eigenvalue weighted by atomic mass is 9.96. The van der Waals surface area contributed by atoms with Gasteiger partial charge in [0, 0.05) is 34.4 Å². The van der Waals surface area contributed by atoms with Gasteiger partial charge in [0.1, 0.15) is 22.6 Å². The van der Waals surface area contributed by atoms with E-state index in [4.69, 9.17) is 4.42 Å². The molecule has 0 unspecified atom stereocenters. The first kappa shape index (κ1) is 18.1. The van der Waals surface area contributed by atoms with E-state index >= 15 is 0 Å². The first-order valence-electron chi connectivity index (χ1n) is 8.61. The van der Waals surface area contributed by atoms with Gasteiger partial charge in [-0.1, -0.05) is 24.3 Å². The van der Waals surface area contributed by atoms with Crippen LogP contribution in [0.3, 0.4) is 0 Å². The maximum atomic E-state index is 12.8. The number of phenolic OH excluding ortho intramolecular Hbond substituents is 2. The molecule has 1 aliphatic rings. The van der Waals surface area contributed by atoms with Gasteiger partial charge in [0.15, 0.2) is 11.0 Å². The van der Waals surface area contributed by atoms with Crippen LogP contribution in [0, 0.1) is 3.57 Å². The van der Waals surface area contributed by atoms with Crippen molar-refractivity contribution in [2.45, 2.75) is 6.42 Å². The quantitative estimate of drug-likeness (QED) is 0.544. The van der Waals surface area contributed by atoms with Crippen molar-refractivity contribution in [3.8, 4) is 22.8 Å². The third-order valence-corrected chi connectivity index (χ3v) is 5.77. The van der Waals surface area contributed by atoms with Gasteiger partial charge in [-0.25, -0.2) is 0 Å². The zero-order valence-electron chi connectivity index (χ0n) is 14.7. The molecule has 0 saturated carbocycles. The van der Waals surface area contributed by atoms with E-state index in [9.17, 15) is 15.0 Å². The van der Waals surface area contributed by atoms with Crippen LogP contribution in [0.25, 0.3) is 27.9 Å². The molecule has 2 aromatic carbocycles. The van der Waals surface area contributed by atoms with Crippen LogP contribution in [0.2, 0.25) is 0 Å². The Kier molecular flexibility index (Phi) is 4.69. The minimum absolute atomic E-state index is 0.0844. The molecule has 0 amide bonds. The normalized spacial score (nSPS) is 15.1. The van der Waals surface area contributed by atoms with E-state index in [0.717, 1.165) is 34.2 Å². The first-order valence-corrected chi connectivity index (χ1v) is 9.69. The Morgan fingerprint density at radius 3 is 2.63 bits per heavy atom. The minimum Gasteiger partial charge on any atom is -0.507 e. The van der Waals surface area contributed by atoms with Gasteiger partial charge in [-0.05, 0) is 47.7 Å². The molecule has 27 heavy (non-hydrogen) atoms. The second-order valence-corrected chi connectivity index (χ2v) is 7.85. The lowest BCUT2D eigenvalue weighted by Crippen LogP contribution is -2.23. The van der Waals surface area contributed by atoms with E-state index < -0.39 is 0 Å². The summed E-state index contributed by atoms with van der Waals surface area (Å²) in [5.74, 6) is 0.0546. The average molecular weight is 475 g/mol. The van der Waals surface area contributed by atoms with Gasteiger partial charge in [0.2, 0.25) is 0 Å².